The van der Waals surface area contributed by atoms with Gasteiger partial charge < -0.3 is 9.13 Å². The summed E-state index contributed by atoms with van der Waals surface area (Å²) in [5.74, 6) is 1.44. The standard InChI is InChI=1S/C51H32FN5/c52-37-27-24-33(25-28-37)42-32-36(51-54-49(34-14-4-1-5-15-34)53-50(55-51)35-16-6-2-7-17-35)26-30-45(42)57-43-22-12-10-20-39(43)40-29-31-46-47(48(40)57)41-21-11-13-23-44(41)56(46)38-18-8-3-9-19-38/h1-32H. The predicted octanol–water partition coefficient (Wildman–Crippen LogP) is 12.9. The Bertz CT molecular complexity index is 3220. The number of hydrogen-bond acceptors (Lipinski definition) is 3. The highest BCUT2D eigenvalue weighted by molar-refractivity contribution is 6.26. The van der Waals surface area contributed by atoms with Crippen LogP contribution in [0.4, 0.5) is 4.39 Å². The molecule has 3 aromatic heterocycles. The molecule has 8 aromatic carbocycles. The average molecular weight is 734 g/mol. The van der Waals surface area contributed by atoms with Crippen LogP contribution in [0.2, 0.25) is 0 Å². The number of aromatic nitrogens is 5. The SMILES string of the molecule is Fc1ccc(-c2cc(-c3nc(-c4ccccc4)nc(-c4ccccc4)n3)ccc2-n2c3ccccc3c3ccc4c(c5ccccc5n4-c4ccccc4)c32)cc1. The van der Waals surface area contributed by atoms with Gasteiger partial charge in [-0.1, -0.05) is 133 Å². The van der Waals surface area contributed by atoms with Crippen LogP contribution in [0.5, 0.6) is 0 Å². The molecule has 0 spiro atoms. The summed E-state index contributed by atoms with van der Waals surface area (Å²) >= 11 is 0. The Morgan fingerprint density at radius 3 is 1.54 bits per heavy atom. The highest BCUT2D eigenvalue weighted by atomic mass is 19.1. The maximum Gasteiger partial charge on any atom is 0.164 e. The van der Waals surface area contributed by atoms with Crippen molar-refractivity contribution in [2.45, 2.75) is 0 Å². The third-order valence-corrected chi connectivity index (χ3v) is 10.8. The molecular weight excluding hydrogens is 702 g/mol. The fourth-order valence-corrected chi connectivity index (χ4v) is 8.28. The number of hydrogen-bond donors (Lipinski definition) is 0. The van der Waals surface area contributed by atoms with Crippen LogP contribution in [0.25, 0.3) is 100 Å². The van der Waals surface area contributed by atoms with E-state index in [9.17, 15) is 4.39 Å². The van der Waals surface area contributed by atoms with E-state index in [1.54, 1.807) is 0 Å². The van der Waals surface area contributed by atoms with Crippen molar-refractivity contribution in [3.63, 3.8) is 0 Å². The van der Waals surface area contributed by atoms with Crippen LogP contribution in [0.3, 0.4) is 0 Å². The highest BCUT2D eigenvalue weighted by Gasteiger charge is 2.23. The first-order chi connectivity index (χ1) is 28.2. The van der Waals surface area contributed by atoms with Gasteiger partial charge in [-0.15, -0.1) is 0 Å². The Morgan fingerprint density at radius 1 is 0.368 bits per heavy atom. The molecule has 5 nitrogen and oxygen atoms in total. The minimum atomic E-state index is -0.291. The molecule has 0 aliphatic rings. The molecular formula is C51H32FN5. The minimum absolute atomic E-state index is 0.291. The molecule has 3 heterocycles. The fourth-order valence-electron chi connectivity index (χ4n) is 8.28. The van der Waals surface area contributed by atoms with Gasteiger partial charge in [-0.2, -0.15) is 0 Å². The lowest BCUT2D eigenvalue weighted by Gasteiger charge is -2.17. The number of halogens is 1. The van der Waals surface area contributed by atoms with Crippen LogP contribution in [-0.4, -0.2) is 24.1 Å². The van der Waals surface area contributed by atoms with Gasteiger partial charge in [0.05, 0.1) is 27.8 Å². The van der Waals surface area contributed by atoms with Gasteiger partial charge in [-0.05, 0) is 66.2 Å². The summed E-state index contributed by atoms with van der Waals surface area (Å²) in [4.78, 5) is 15.0. The van der Waals surface area contributed by atoms with Gasteiger partial charge in [0, 0.05) is 49.5 Å². The zero-order valence-electron chi connectivity index (χ0n) is 30.6. The summed E-state index contributed by atoms with van der Waals surface area (Å²) in [5, 5.41) is 4.63. The van der Waals surface area contributed by atoms with E-state index in [0.717, 1.165) is 82.8 Å². The maximum atomic E-state index is 14.6. The van der Waals surface area contributed by atoms with Crippen molar-refractivity contribution in [1.29, 1.82) is 0 Å². The summed E-state index contributed by atoms with van der Waals surface area (Å²) < 4.78 is 19.3. The van der Waals surface area contributed by atoms with Crippen molar-refractivity contribution in [2.24, 2.45) is 0 Å². The van der Waals surface area contributed by atoms with Crippen molar-refractivity contribution in [3.8, 4) is 56.7 Å². The second kappa shape index (κ2) is 13.3. The molecule has 57 heavy (non-hydrogen) atoms. The van der Waals surface area contributed by atoms with Crippen LogP contribution < -0.4 is 0 Å². The lowest BCUT2D eigenvalue weighted by atomic mass is 9.99. The summed E-state index contributed by atoms with van der Waals surface area (Å²) in [6.45, 7) is 0. The van der Waals surface area contributed by atoms with E-state index in [0.29, 0.717) is 17.5 Å². The zero-order chi connectivity index (χ0) is 37.9. The van der Waals surface area contributed by atoms with Gasteiger partial charge in [0.15, 0.2) is 17.5 Å². The first-order valence-corrected chi connectivity index (χ1v) is 19.0. The Labute approximate surface area is 327 Å². The lowest BCUT2D eigenvalue weighted by molar-refractivity contribution is 0.628. The van der Waals surface area contributed by atoms with E-state index in [1.807, 2.05) is 72.8 Å². The van der Waals surface area contributed by atoms with Crippen LogP contribution in [-0.2, 0) is 0 Å². The maximum absolute atomic E-state index is 14.6. The van der Waals surface area contributed by atoms with Crippen LogP contribution in [0.1, 0.15) is 0 Å². The van der Waals surface area contributed by atoms with Gasteiger partial charge in [-0.25, -0.2) is 19.3 Å². The summed E-state index contributed by atoms with van der Waals surface area (Å²) in [6, 6.07) is 65.3. The zero-order valence-corrected chi connectivity index (χ0v) is 30.6. The van der Waals surface area contributed by atoms with Gasteiger partial charge in [0.1, 0.15) is 5.82 Å². The summed E-state index contributed by atoms with van der Waals surface area (Å²) in [7, 11) is 0. The Balaban J connectivity index is 1.22. The van der Waals surface area contributed by atoms with E-state index in [1.165, 1.54) is 12.1 Å². The van der Waals surface area contributed by atoms with E-state index >= 15 is 0 Å². The normalized spacial score (nSPS) is 11.6. The third kappa shape index (κ3) is 5.41. The molecule has 6 heteroatoms. The molecule has 0 amide bonds. The van der Waals surface area contributed by atoms with Crippen molar-refractivity contribution in [3.05, 3.63) is 200 Å². The van der Waals surface area contributed by atoms with Crippen LogP contribution >= 0.6 is 0 Å². The van der Waals surface area contributed by atoms with Gasteiger partial charge >= 0.3 is 0 Å². The second-order valence-electron chi connectivity index (χ2n) is 14.2. The summed E-state index contributed by atoms with van der Waals surface area (Å²) in [6.07, 6.45) is 0. The number of fused-ring (bicyclic) bond motifs is 7. The van der Waals surface area contributed by atoms with Crippen LogP contribution in [0, 0.1) is 5.82 Å². The molecule has 0 N–H and O–H groups in total. The van der Waals surface area contributed by atoms with Gasteiger partial charge in [-0.3, -0.25) is 0 Å². The van der Waals surface area contributed by atoms with Crippen molar-refractivity contribution < 1.29 is 4.39 Å². The fraction of sp³-hybridized carbons (Fsp3) is 0. The van der Waals surface area contributed by atoms with E-state index in [2.05, 4.69) is 118 Å². The number of rotatable bonds is 6. The van der Waals surface area contributed by atoms with Crippen molar-refractivity contribution >= 4 is 43.6 Å². The van der Waals surface area contributed by atoms with Crippen molar-refractivity contribution in [1.82, 2.24) is 24.1 Å². The Hall–Kier alpha value is -7.70. The number of para-hydroxylation sites is 3. The van der Waals surface area contributed by atoms with E-state index in [4.69, 9.17) is 15.0 Å². The largest absolute Gasteiger partial charge is 0.309 e. The molecule has 0 radical (unpaired) electrons. The quantitative estimate of drug-likeness (QED) is 0.171. The van der Waals surface area contributed by atoms with Crippen LogP contribution in [0.15, 0.2) is 194 Å². The van der Waals surface area contributed by atoms with Gasteiger partial charge in [0.25, 0.3) is 0 Å². The Kier molecular flexibility index (Phi) is 7.60. The smallest absolute Gasteiger partial charge is 0.164 e. The second-order valence-corrected chi connectivity index (χ2v) is 14.2. The first kappa shape index (κ1) is 32.7. The lowest BCUT2D eigenvalue weighted by Crippen LogP contribution is -2.02. The Morgan fingerprint density at radius 2 is 0.895 bits per heavy atom. The molecule has 0 unspecified atom stereocenters. The molecule has 268 valence electrons. The molecule has 0 aliphatic heterocycles. The third-order valence-electron chi connectivity index (χ3n) is 10.8. The minimum Gasteiger partial charge on any atom is -0.309 e. The molecule has 0 aliphatic carbocycles. The van der Waals surface area contributed by atoms with E-state index < -0.39 is 0 Å². The molecule has 11 aromatic rings. The number of benzene rings is 8. The molecule has 0 atom stereocenters. The molecule has 0 bridgehead atoms. The highest BCUT2D eigenvalue weighted by Crippen LogP contribution is 2.44. The van der Waals surface area contributed by atoms with Crippen molar-refractivity contribution in [2.75, 3.05) is 0 Å². The monoisotopic (exact) mass is 733 g/mol. The molecule has 0 saturated carbocycles. The predicted molar refractivity (Wildman–Crippen MR) is 230 cm³/mol. The molecule has 11 rings (SSSR count). The van der Waals surface area contributed by atoms with Gasteiger partial charge in [0.2, 0.25) is 0 Å². The topological polar surface area (TPSA) is 48.5 Å². The van der Waals surface area contributed by atoms with E-state index in [-0.39, 0.29) is 5.82 Å². The molecule has 0 fully saturated rings. The number of nitrogens with zero attached hydrogens (tertiary/aromatic N) is 5. The molecule has 0 saturated heterocycles. The summed E-state index contributed by atoms with van der Waals surface area (Å²) in [5.41, 5.74) is 10.9. The first-order valence-electron chi connectivity index (χ1n) is 19.0. The average Bonchev–Trinajstić information content (AvgIpc) is 3.80.